The van der Waals surface area contributed by atoms with Gasteiger partial charge in [0.2, 0.25) is 0 Å². The molecule has 1 aromatic heterocycles. The van der Waals surface area contributed by atoms with Crippen molar-refractivity contribution in [2.24, 2.45) is 0 Å². The van der Waals surface area contributed by atoms with E-state index in [1.807, 2.05) is 0 Å². The summed E-state index contributed by atoms with van der Waals surface area (Å²) < 4.78 is 5.35. The molecule has 0 saturated carbocycles. The number of carbonyl (C=O) groups excluding carboxylic acids is 1. The van der Waals surface area contributed by atoms with Crippen LogP contribution in [0, 0.1) is 10.1 Å². The summed E-state index contributed by atoms with van der Waals surface area (Å²) in [6.07, 6.45) is 0.644. The van der Waals surface area contributed by atoms with Crippen LogP contribution in [0.3, 0.4) is 0 Å². The molecule has 0 fully saturated rings. The van der Waals surface area contributed by atoms with Crippen molar-refractivity contribution in [3.05, 3.63) is 76.5 Å². The smallest absolute Gasteiger partial charge is 0.277 e. The number of rotatable bonds is 4. The number of aldehydes is 1. The van der Waals surface area contributed by atoms with E-state index in [2.05, 4.69) is 0 Å². The Morgan fingerprint density at radius 3 is 2.23 bits per heavy atom. The minimum Gasteiger partial charge on any atom is -0.453 e. The van der Waals surface area contributed by atoms with Crippen molar-refractivity contribution in [1.29, 1.82) is 0 Å². The lowest BCUT2D eigenvalue weighted by Crippen LogP contribution is -1.91. The van der Waals surface area contributed by atoms with E-state index in [9.17, 15) is 14.9 Å². The monoisotopic (exact) mass is 293 g/mol. The number of furan rings is 1. The maximum absolute atomic E-state index is 11.1. The van der Waals surface area contributed by atoms with Crippen molar-refractivity contribution in [2.45, 2.75) is 0 Å². The molecule has 108 valence electrons. The second-order valence-corrected chi connectivity index (χ2v) is 4.67. The van der Waals surface area contributed by atoms with Gasteiger partial charge >= 0.3 is 0 Å². The summed E-state index contributed by atoms with van der Waals surface area (Å²) in [5.74, 6) is 0.842. The van der Waals surface area contributed by atoms with E-state index < -0.39 is 4.92 Å². The van der Waals surface area contributed by atoms with Crippen LogP contribution in [0.4, 0.5) is 5.69 Å². The minimum atomic E-state index is -0.397. The molecule has 0 spiro atoms. The third kappa shape index (κ3) is 2.52. The molecule has 0 aliphatic carbocycles. The fourth-order valence-electron chi connectivity index (χ4n) is 2.26. The van der Waals surface area contributed by atoms with Crippen molar-refractivity contribution in [2.75, 3.05) is 0 Å². The highest BCUT2D eigenvalue weighted by molar-refractivity contribution is 5.76. The Hall–Kier alpha value is -3.21. The van der Waals surface area contributed by atoms with E-state index >= 15 is 0 Å². The summed E-state index contributed by atoms with van der Waals surface area (Å²) in [4.78, 5) is 21.3. The molecule has 0 unspecified atom stereocenters. The summed E-state index contributed by atoms with van der Waals surface area (Å²) in [5, 5.41) is 11.1. The lowest BCUT2D eigenvalue weighted by molar-refractivity contribution is -0.384. The van der Waals surface area contributed by atoms with Crippen LogP contribution >= 0.6 is 0 Å². The third-order valence-electron chi connectivity index (χ3n) is 3.32. The SMILES string of the molecule is O=Cc1ccc(-c2ccc(-c3ccccc3[N+](=O)[O-])cc2)o1. The molecular formula is C17H11NO4. The van der Waals surface area contributed by atoms with Gasteiger partial charge in [-0.2, -0.15) is 0 Å². The highest BCUT2D eigenvalue weighted by Crippen LogP contribution is 2.31. The predicted molar refractivity (Wildman–Crippen MR) is 81.6 cm³/mol. The minimum absolute atomic E-state index is 0.0662. The molecule has 1 heterocycles. The van der Waals surface area contributed by atoms with Gasteiger partial charge in [0.25, 0.3) is 5.69 Å². The molecule has 0 bridgehead atoms. The summed E-state index contributed by atoms with van der Waals surface area (Å²) in [5.41, 5.74) is 2.18. The fraction of sp³-hybridized carbons (Fsp3) is 0. The van der Waals surface area contributed by atoms with Gasteiger partial charge in [0.1, 0.15) is 5.76 Å². The molecule has 0 aliphatic heterocycles. The first-order valence-corrected chi connectivity index (χ1v) is 6.58. The van der Waals surface area contributed by atoms with Crippen LogP contribution in [0.2, 0.25) is 0 Å². The Labute approximate surface area is 126 Å². The van der Waals surface area contributed by atoms with Crippen molar-refractivity contribution >= 4 is 12.0 Å². The van der Waals surface area contributed by atoms with E-state index in [1.165, 1.54) is 6.07 Å². The van der Waals surface area contributed by atoms with Crippen LogP contribution in [-0.2, 0) is 0 Å². The number of hydrogen-bond acceptors (Lipinski definition) is 4. The maximum atomic E-state index is 11.1. The van der Waals surface area contributed by atoms with Crippen LogP contribution in [-0.4, -0.2) is 11.2 Å². The topological polar surface area (TPSA) is 73.3 Å². The largest absolute Gasteiger partial charge is 0.453 e. The van der Waals surface area contributed by atoms with Crippen molar-refractivity contribution in [3.63, 3.8) is 0 Å². The number of nitro groups is 1. The number of nitro benzene ring substituents is 1. The Morgan fingerprint density at radius 2 is 1.59 bits per heavy atom. The van der Waals surface area contributed by atoms with Gasteiger partial charge in [-0.25, -0.2) is 0 Å². The standard InChI is InChI=1S/C17H11NO4/c19-11-14-9-10-17(22-14)13-7-5-12(6-8-13)15-3-1-2-4-16(15)18(20)21/h1-11H. The zero-order chi connectivity index (χ0) is 15.5. The molecule has 0 N–H and O–H groups in total. The number of hydrogen-bond donors (Lipinski definition) is 0. The molecule has 0 saturated heterocycles. The highest BCUT2D eigenvalue weighted by Gasteiger charge is 2.14. The molecule has 3 aromatic rings. The second kappa shape index (κ2) is 5.65. The van der Waals surface area contributed by atoms with Crippen molar-refractivity contribution in [3.8, 4) is 22.5 Å². The Balaban J connectivity index is 1.98. The first-order valence-electron chi connectivity index (χ1n) is 6.58. The van der Waals surface area contributed by atoms with Crippen molar-refractivity contribution in [1.82, 2.24) is 0 Å². The van der Waals surface area contributed by atoms with E-state index in [0.29, 0.717) is 17.6 Å². The summed E-state index contributed by atoms with van der Waals surface area (Å²) in [7, 11) is 0. The van der Waals surface area contributed by atoms with E-state index in [1.54, 1.807) is 54.6 Å². The van der Waals surface area contributed by atoms with Crippen LogP contribution in [0.25, 0.3) is 22.5 Å². The van der Waals surface area contributed by atoms with Gasteiger partial charge in [-0.3, -0.25) is 14.9 Å². The summed E-state index contributed by atoms with van der Waals surface area (Å²) >= 11 is 0. The quantitative estimate of drug-likeness (QED) is 0.407. The predicted octanol–water partition coefficient (Wildman–Crippen LogP) is 4.33. The summed E-state index contributed by atoms with van der Waals surface area (Å²) in [6.45, 7) is 0. The highest BCUT2D eigenvalue weighted by atomic mass is 16.6. The van der Waals surface area contributed by atoms with Crippen molar-refractivity contribution < 1.29 is 14.1 Å². The first-order chi connectivity index (χ1) is 10.7. The number of para-hydroxylation sites is 1. The zero-order valence-corrected chi connectivity index (χ0v) is 11.4. The van der Waals surface area contributed by atoms with Crippen LogP contribution in [0.5, 0.6) is 0 Å². The molecule has 0 atom stereocenters. The lowest BCUT2D eigenvalue weighted by atomic mass is 10.0. The number of benzene rings is 2. The van der Waals surface area contributed by atoms with Crippen LogP contribution < -0.4 is 0 Å². The first kappa shape index (κ1) is 13.8. The van der Waals surface area contributed by atoms with Gasteiger partial charge in [-0.1, -0.05) is 36.4 Å². The zero-order valence-electron chi connectivity index (χ0n) is 11.4. The van der Waals surface area contributed by atoms with Gasteiger partial charge in [0.05, 0.1) is 10.5 Å². The Morgan fingerprint density at radius 1 is 0.909 bits per heavy atom. The molecule has 2 aromatic carbocycles. The number of carbonyl (C=O) groups is 1. The van der Waals surface area contributed by atoms with Gasteiger partial charge in [-0.15, -0.1) is 0 Å². The molecular weight excluding hydrogens is 282 g/mol. The average molecular weight is 293 g/mol. The van der Waals surface area contributed by atoms with Gasteiger partial charge in [0.15, 0.2) is 12.0 Å². The van der Waals surface area contributed by atoms with Gasteiger partial charge in [0, 0.05) is 11.6 Å². The second-order valence-electron chi connectivity index (χ2n) is 4.67. The van der Waals surface area contributed by atoms with Crippen LogP contribution in [0.1, 0.15) is 10.6 Å². The molecule has 0 radical (unpaired) electrons. The lowest BCUT2D eigenvalue weighted by Gasteiger charge is -2.04. The molecule has 0 aliphatic rings. The van der Waals surface area contributed by atoms with Gasteiger partial charge in [-0.05, 0) is 23.8 Å². The Bertz CT molecular complexity index is 834. The molecule has 3 rings (SSSR count). The maximum Gasteiger partial charge on any atom is 0.277 e. The fourth-order valence-corrected chi connectivity index (χ4v) is 2.26. The van der Waals surface area contributed by atoms with Gasteiger partial charge < -0.3 is 4.42 Å². The molecule has 22 heavy (non-hydrogen) atoms. The molecule has 0 amide bonds. The van der Waals surface area contributed by atoms with E-state index in [4.69, 9.17) is 4.42 Å². The average Bonchev–Trinajstić information content (AvgIpc) is 3.04. The normalized spacial score (nSPS) is 10.4. The molecule has 5 nitrogen and oxygen atoms in total. The van der Waals surface area contributed by atoms with E-state index in [0.717, 1.165) is 11.1 Å². The Kier molecular flexibility index (Phi) is 3.53. The van der Waals surface area contributed by atoms with Crippen LogP contribution in [0.15, 0.2) is 65.1 Å². The number of nitrogens with zero attached hydrogens (tertiary/aromatic N) is 1. The van der Waals surface area contributed by atoms with E-state index in [-0.39, 0.29) is 11.4 Å². The molecule has 5 heteroatoms. The third-order valence-corrected chi connectivity index (χ3v) is 3.32. The summed E-state index contributed by atoms with van der Waals surface area (Å²) in [6, 6.07) is 17.1.